The van der Waals surface area contributed by atoms with E-state index < -0.39 is 35.1 Å². The van der Waals surface area contributed by atoms with Gasteiger partial charge in [-0.15, -0.1) is 0 Å². The number of nitrogens with zero attached hydrogens (tertiary/aromatic N) is 4. The number of aromatic nitrogens is 4. The van der Waals surface area contributed by atoms with Gasteiger partial charge in [0.05, 0.1) is 28.8 Å². The molecule has 3 aromatic heterocycles. The van der Waals surface area contributed by atoms with Gasteiger partial charge in [-0.1, -0.05) is 0 Å². The number of fused-ring (bicyclic) bond motifs is 1. The second-order valence-electron chi connectivity index (χ2n) is 7.81. The Morgan fingerprint density at radius 1 is 0.921 bits per heavy atom. The zero-order valence-electron chi connectivity index (χ0n) is 19.5. The Labute approximate surface area is 211 Å². The van der Waals surface area contributed by atoms with Crippen LogP contribution in [0.5, 0.6) is 0 Å². The number of pyridine rings is 2. The maximum atomic E-state index is 13.5. The number of benzene rings is 1. The van der Waals surface area contributed by atoms with Crippen molar-refractivity contribution in [1.82, 2.24) is 25.3 Å². The van der Waals surface area contributed by atoms with E-state index in [0.29, 0.717) is 0 Å². The summed E-state index contributed by atoms with van der Waals surface area (Å²) >= 11 is 0. The van der Waals surface area contributed by atoms with Gasteiger partial charge in [-0.05, 0) is 48.5 Å². The van der Waals surface area contributed by atoms with Gasteiger partial charge in [0.2, 0.25) is 5.82 Å². The summed E-state index contributed by atoms with van der Waals surface area (Å²) in [6.07, 6.45) is -8.05. The number of hydrogen-bond donors (Lipinski definition) is 2. The molecule has 0 unspecified atom stereocenters. The molecule has 0 bridgehead atoms. The third kappa shape index (κ3) is 5.96. The summed E-state index contributed by atoms with van der Waals surface area (Å²) in [5, 5.41) is 5.55. The monoisotopic (exact) mass is 536 g/mol. The second kappa shape index (κ2) is 10.6. The number of amides is 1. The minimum absolute atomic E-state index is 0.00256. The standard InChI is InChI=1S/C24H18F6N6O2/c1-38-12-11-32-22(37)21-35-19(33-14-6-4-13(5-7-14)23(25,26)27)15-8-9-17(34-20(15)36-21)18-16(24(28,29)30)3-2-10-31-18/h2-10H,11-12H2,1H3,(H,32,37)(H,33,34,35,36). The highest BCUT2D eigenvalue weighted by Gasteiger charge is 2.35. The fourth-order valence-electron chi connectivity index (χ4n) is 3.40. The van der Waals surface area contributed by atoms with Gasteiger partial charge in [-0.25, -0.2) is 15.0 Å². The molecule has 0 atom stereocenters. The molecule has 0 aliphatic rings. The summed E-state index contributed by atoms with van der Waals surface area (Å²) in [5.41, 5.74) is -2.41. The van der Waals surface area contributed by atoms with Crippen molar-refractivity contribution in [1.29, 1.82) is 0 Å². The maximum Gasteiger partial charge on any atom is 0.418 e. The molecule has 0 fully saturated rings. The number of carbonyl (C=O) groups is 1. The van der Waals surface area contributed by atoms with Gasteiger partial charge in [0.15, 0.2) is 5.65 Å². The molecule has 4 aromatic rings. The first kappa shape index (κ1) is 26.7. The summed E-state index contributed by atoms with van der Waals surface area (Å²) in [5.74, 6) is -1.09. The number of alkyl halides is 6. The van der Waals surface area contributed by atoms with E-state index in [-0.39, 0.29) is 47.2 Å². The topological polar surface area (TPSA) is 102 Å². The van der Waals surface area contributed by atoms with E-state index in [1.54, 1.807) is 0 Å². The number of rotatable bonds is 7. The van der Waals surface area contributed by atoms with Gasteiger partial charge >= 0.3 is 12.4 Å². The van der Waals surface area contributed by atoms with Gasteiger partial charge in [0, 0.05) is 25.5 Å². The lowest BCUT2D eigenvalue weighted by Crippen LogP contribution is -2.28. The zero-order valence-corrected chi connectivity index (χ0v) is 19.5. The van der Waals surface area contributed by atoms with E-state index in [9.17, 15) is 31.1 Å². The number of methoxy groups -OCH3 is 1. The van der Waals surface area contributed by atoms with Crippen molar-refractivity contribution in [3.63, 3.8) is 0 Å². The Bertz CT molecular complexity index is 1460. The van der Waals surface area contributed by atoms with Crippen LogP contribution in [0.4, 0.5) is 37.8 Å². The molecule has 0 spiro atoms. The van der Waals surface area contributed by atoms with Crippen molar-refractivity contribution in [2.75, 3.05) is 25.6 Å². The molecule has 198 valence electrons. The molecular formula is C24H18F6N6O2. The van der Waals surface area contributed by atoms with Crippen LogP contribution in [0.25, 0.3) is 22.4 Å². The Hall–Kier alpha value is -4.33. The molecule has 0 aliphatic carbocycles. The lowest BCUT2D eigenvalue weighted by atomic mass is 10.1. The van der Waals surface area contributed by atoms with Gasteiger partial charge in [-0.3, -0.25) is 9.78 Å². The molecule has 0 radical (unpaired) electrons. The molecule has 4 rings (SSSR count). The predicted molar refractivity (Wildman–Crippen MR) is 125 cm³/mol. The summed E-state index contributed by atoms with van der Waals surface area (Å²) in [6.45, 7) is 0.313. The SMILES string of the molecule is COCCNC(=O)c1nc(Nc2ccc(C(F)(F)F)cc2)c2ccc(-c3ncccc3C(F)(F)F)nc2n1. The van der Waals surface area contributed by atoms with Crippen LogP contribution in [0.3, 0.4) is 0 Å². The highest BCUT2D eigenvalue weighted by molar-refractivity contribution is 5.96. The minimum atomic E-state index is -4.70. The van der Waals surface area contributed by atoms with Crippen LogP contribution in [-0.4, -0.2) is 46.1 Å². The summed E-state index contributed by atoms with van der Waals surface area (Å²) in [6, 6.07) is 8.72. The number of ether oxygens (including phenoxy) is 1. The van der Waals surface area contributed by atoms with Crippen molar-refractivity contribution in [3.05, 3.63) is 71.7 Å². The summed E-state index contributed by atoms with van der Waals surface area (Å²) in [7, 11) is 1.43. The molecule has 1 aromatic carbocycles. The van der Waals surface area contributed by atoms with Crippen LogP contribution in [0.2, 0.25) is 0 Å². The Balaban J connectivity index is 1.80. The number of anilines is 2. The highest BCUT2D eigenvalue weighted by atomic mass is 19.4. The molecule has 0 saturated heterocycles. The molecular weight excluding hydrogens is 518 g/mol. The maximum absolute atomic E-state index is 13.5. The first-order valence-electron chi connectivity index (χ1n) is 10.9. The molecule has 0 aliphatic heterocycles. The molecule has 3 heterocycles. The fraction of sp³-hybridized carbons (Fsp3) is 0.208. The van der Waals surface area contributed by atoms with Crippen LogP contribution in [0.15, 0.2) is 54.7 Å². The first-order valence-corrected chi connectivity index (χ1v) is 10.9. The van der Waals surface area contributed by atoms with Crippen molar-refractivity contribution in [2.45, 2.75) is 12.4 Å². The molecule has 0 saturated carbocycles. The minimum Gasteiger partial charge on any atom is -0.383 e. The smallest absolute Gasteiger partial charge is 0.383 e. The Kier molecular flexibility index (Phi) is 7.44. The van der Waals surface area contributed by atoms with Gasteiger partial charge in [-0.2, -0.15) is 26.3 Å². The van der Waals surface area contributed by atoms with Crippen LogP contribution in [-0.2, 0) is 17.1 Å². The Morgan fingerprint density at radius 3 is 2.32 bits per heavy atom. The number of halogens is 6. The van der Waals surface area contributed by atoms with E-state index in [2.05, 4.69) is 30.6 Å². The molecule has 1 amide bonds. The Morgan fingerprint density at radius 2 is 1.66 bits per heavy atom. The van der Waals surface area contributed by atoms with E-state index in [1.165, 1.54) is 37.6 Å². The average Bonchev–Trinajstić information content (AvgIpc) is 2.87. The lowest BCUT2D eigenvalue weighted by molar-refractivity contribution is -0.138. The molecule has 14 heteroatoms. The van der Waals surface area contributed by atoms with Crippen molar-refractivity contribution >= 4 is 28.4 Å². The quantitative estimate of drug-likeness (QED) is 0.246. The normalized spacial score (nSPS) is 12.0. The van der Waals surface area contributed by atoms with Crippen LogP contribution < -0.4 is 10.6 Å². The van der Waals surface area contributed by atoms with Crippen LogP contribution >= 0.6 is 0 Å². The van der Waals surface area contributed by atoms with Crippen molar-refractivity contribution < 1.29 is 35.9 Å². The highest BCUT2D eigenvalue weighted by Crippen LogP contribution is 2.36. The largest absolute Gasteiger partial charge is 0.418 e. The third-order valence-corrected chi connectivity index (χ3v) is 5.19. The molecule has 2 N–H and O–H groups in total. The third-order valence-electron chi connectivity index (χ3n) is 5.19. The first-order chi connectivity index (χ1) is 18.0. The van der Waals surface area contributed by atoms with E-state index in [0.717, 1.165) is 24.3 Å². The van der Waals surface area contributed by atoms with Gasteiger partial charge in [0.1, 0.15) is 11.5 Å². The molecule has 8 nitrogen and oxygen atoms in total. The lowest BCUT2D eigenvalue weighted by Gasteiger charge is -2.14. The van der Waals surface area contributed by atoms with Gasteiger partial charge in [0.25, 0.3) is 5.91 Å². The summed E-state index contributed by atoms with van der Waals surface area (Å²) in [4.78, 5) is 28.9. The van der Waals surface area contributed by atoms with Crippen LogP contribution in [0.1, 0.15) is 21.7 Å². The predicted octanol–water partition coefficient (Wildman–Crippen LogP) is 5.24. The van der Waals surface area contributed by atoms with Crippen molar-refractivity contribution in [3.8, 4) is 11.4 Å². The summed E-state index contributed by atoms with van der Waals surface area (Å²) < 4.78 is 84.3. The number of carbonyl (C=O) groups excluding carboxylic acids is 1. The van der Waals surface area contributed by atoms with E-state index >= 15 is 0 Å². The molecule has 38 heavy (non-hydrogen) atoms. The van der Waals surface area contributed by atoms with E-state index in [1.807, 2.05) is 0 Å². The zero-order chi connectivity index (χ0) is 27.5. The average molecular weight is 536 g/mol. The number of nitrogens with one attached hydrogen (secondary N) is 2. The fourth-order valence-corrected chi connectivity index (χ4v) is 3.40. The van der Waals surface area contributed by atoms with Crippen molar-refractivity contribution in [2.24, 2.45) is 0 Å². The van der Waals surface area contributed by atoms with Gasteiger partial charge < -0.3 is 15.4 Å². The van der Waals surface area contributed by atoms with E-state index in [4.69, 9.17) is 4.74 Å². The number of hydrogen-bond acceptors (Lipinski definition) is 7. The second-order valence-corrected chi connectivity index (χ2v) is 7.81. The van der Waals surface area contributed by atoms with Crippen LogP contribution in [0, 0.1) is 0 Å².